The Morgan fingerprint density at radius 3 is 2.88 bits per heavy atom. The van der Waals surface area contributed by atoms with Gasteiger partial charge in [0, 0.05) is 6.20 Å². The molecule has 0 aromatic carbocycles. The molecule has 1 atom stereocenters. The molecule has 0 aliphatic carbocycles. The van der Waals surface area contributed by atoms with Gasteiger partial charge in [-0.25, -0.2) is 4.79 Å². The monoisotopic (exact) mass is 242 g/mol. The van der Waals surface area contributed by atoms with E-state index in [1.54, 1.807) is 6.92 Å². The lowest BCUT2D eigenvalue weighted by molar-refractivity contribution is -0.139. The third-order valence-electron chi connectivity index (χ3n) is 1.95. The highest BCUT2D eigenvalue weighted by molar-refractivity contribution is 5.88. The van der Waals surface area contributed by atoms with Crippen LogP contribution in [0.5, 0.6) is 0 Å². The van der Waals surface area contributed by atoms with Gasteiger partial charge in [-0.1, -0.05) is 0 Å². The van der Waals surface area contributed by atoms with E-state index in [0.29, 0.717) is 0 Å². The van der Waals surface area contributed by atoms with Crippen LogP contribution in [0.25, 0.3) is 0 Å². The Morgan fingerprint density at radius 1 is 1.59 bits per heavy atom. The average molecular weight is 242 g/mol. The molecule has 17 heavy (non-hydrogen) atoms. The van der Waals surface area contributed by atoms with E-state index in [0.717, 1.165) is 0 Å². The first-order valence-corrected chi connectivity index (χ1v) is 5.12. The van der Waals surface area contributed by atoms with Crippen LogP contribution in [-0.4, -0.2) is 44.6 Å². The van der Waals surface area contributed by atoms with E-state index >= 15 is 0 Å². The third-order valence-corrected chi connectivity index (χ3v) is 1.95. The van der Waals surface area contributed by atoms with Crippen molar-refractivity contribution in [3.63, 3.8) is 0 Å². The van der Waals surface area contributed by atoms with Crippen molar-refractivity contribution in [3.05, 3.63) is 18.0 Å². The van der Waals surface area contributed by atoms with Crippen molar-refractivity contribution in [2.75, 3.05) is 6.61 Å². The standard InChI is InChI=1S/C10H14N2O5/c1-2-17-10(16)7-4-11-12(5-7)6-8(13)3-9(14)15/h4-5,8,13H,2-3,6H2,1H3,(H,14,15). The van der Waals surface area contributed by atoms with E-state index < -0.39 is 18.0 Å². The molecule has 0 saturated carbocycles. The molecular weight excluding hydrogens is 228 g/mol. The topological polar surface area (TPSA) is 102 Å². The van der Waals surface area contributed by atoms with Crippen molar-refractivity contribution >= 4 is 11.9 Å². The highest BCUT2D eigenvalue weighted by Gasteiger charge is 2.13. The summed E-state index contributed by atoms with van der Waals surface area (Å²) in [4.78, 5) is 21.6. The van der Waals surface area contributed by atoms with E-state index in [1.807, 2.05) is 0 Å². The average Bonchev–Trinajstić information content (AvgIpc) is 2.65. The van der Waals surface area contributed by atoms with E-state index in [1.165, 1.54) is 17.1 Å². The smallest absolute Gasteiger partial charge is 0.341 e. The summed E-state index contributed by atoms with van der Waals surface area (Å²) < 4.78 is 6.07. The molecule has 0 amide bonds. The number of carbonyl (C=O) groups excluding carboxylic acids is 1. The van der Waals surface area contributed by atoms with Gasteiger partial charge in [0.05, 0.1) is 37.4 Å². The quantitative estimate of drug-likeness (QED) is 0.675. The third kappa shape index (κ3) is 4.23. The number of aromatic nitrogens is 2. The molecule has 7 nitrogen and oxygen atoms in total. The molecule has 0 fully saturated rings. The first kappa shape index (κ1) is 13.2. The number of ether oxygens (including phenoxy) is 1. The number of rotatable bonds is 6. The normalized spacial score (nSPS) is 12.1. The van der Waals surface area contributed by atoms with Crippen molar-refractivity contribution in [3.8, 4) is 0 Å². The maximum absolute atomic E-state index is 11.3. The maximum atomic E-state index is 11.3. The molecule has 1 aromatic rings. The first-order chi connectivity index (χ1) is 8.02. The Balaban J connectivity index is 2.56. The number of hydrogen-bond donors (Lipinski definition) is 2. The minimum Gasteiger partial charge on any atom is -0.481 e. The summed E-state index contributed by atoms with van der Waals surface area (Å²) in [6, 6.07) is 0. The molecule has 7 heteroatoms. The fourth-order valence-electron chi connectivity index (χ4n) is 1.27. The number of nitrogens with zero attached hydrogens (tertiary/aromatic N) is 2. The van der Waals surface area contributed by atoms with Crippen LogP contribution in [0.1, 0.15) is 23.7 Å². The molecule has 0 aliphatic rings. The van der Waals surface area contributed by atoms with Gasteiger partial charge in [-0.2, -0.15) is 5.10 Å². The lowest BCUT2D eigenvalue weighted by Gasteiger charge is -2.07. The summed E-state index contributed by atoms with van der Waals surface area (Å²) in [6.45, 7) is 1.98. The molecule has 1 heterocycles. The summed E-state index contributed by atoms with van der Waals surface area (Å²) in [5, 5.41) is 21.7. The minimum absolute atomic E-state index is 0.0195. The van der Waals surface area contributed by atoms with Crippen molar-refractivity contribution in [2.24, 2.45) is 0 Å². The first-order valence-electron chi connectivity index (χ1n) is 5.12. The molecule has 0 spiro atoms. The van der Waals surface area contributed by atoms with E-state index in [9.17, 15) is 14.7 Å². The second-order valence-corrected chi connectivity index (χ2v) is 3.42. The number of carbonyl (C=O) groups is 2. The zero-order valence-corrected chi connectivity index (χ0v) is 9.37. The second kappa shape index (κ2) is 6.00. The summed E-state index contributed by atoms with van der Waals surface area (Å²) in [7, 11) is 0. The highest BCUT2D eigenvalue weighted by atomic mass is 16.5. The summed E-state index contributed by atoms with van der Waals surface area (Å²) in [6.07, 6.45) is 1.31. The lowest BCUT2D eigenvalue weighted by atomic mass is 10.2. The molecule has 0 radical (unpaired) electrons. The zero-order chi connectivity index (χ0) is 12.8. The Labute approximate surface area is 97.6 Å². The van der Waals surface area contributed by atoms with Crippen LogP contribution in [0.4, 0.5) is 0 Å². The van der Waals surface area contributed by atoms with Gasteiger partial charge in [0.15, 0.2) is 0 Å². The fraction of sp³-hybridized carbons (Fsp3) is 0.500. The number of esters is 1. The largest absolute Gasteiger partial charge is 0.481 e. The molecule has 1 unspecified atom stereocenters. The van der Waals surface area contributed by atoms with Crippen LogP contribution in [0.2, 0.25) is 0 Å². The Bertz CT molecular complexity index is 401. The maximum Gasteiger partial charge on any atom is 0.341 e. The van der Waals surface area contributed by atoms with E-state index in [-0.39, 0.29) is 25.1 Å². The van der Waals surface area contributed by atoms with Gasteiger partial charge in [0.2, 0.25) is 0 Å². The van der Waals surface area contributed by atoms with E-state index in [2.05, 4.69) is 5.10 Å². The molecule has 94 valence electrons. The van der Waals surface area contributed by atoms with Gasteiger partial charge in [-0.15, -0.1) is 0 Å². The molecule has 0 saturated heterocycles. The van der Waals surface area contributed by atoms with Crippen molar-refractivity contribution < 1.29 is 24.5 Å². The van der Waals surface area contributed by atoms with Crippen LogP contribution in [0, 0.1) is 0 Å². The number of carboxylic acids is 1. The summed E-state index contributed by atoms with van der Waals surface area (Å²) in [5.74, 6) is -1.58. The molecule has 1 aromatic heterocycles. The predicted molar refractivity (Wildman–Crippen MR) is 56.4 cm³/mol. The van der Waals surface area contributed by atoms with Gasteiger partial charge in [0.1, 0.15) is 0 Å². The number of carboxylic acid groups (broad SMARTS) is 1. The van der Waals surface area contributed by atoms with E-state index in [4.69, 9.17) is 9.84 Å². The highest BCUT2D eigenvalue weighted by Crippen LogP contribution is 2.03. The Kier molecular flexibility index (Phi) is 4.65. The zero-order valence-electron chi connectivity index (χ0n) is 9.37. The molecular formula is C10H14N2O5. The molecule has 0 aliphatic heterocycles. The fourth-order valence-corrected chi connectivity index (χ4v) is 1.27. The van der Waals surface area contributed by atoms with Gasteiger partial charge >= 0.3 is 11.9 Å². The SMILES string of the molecule is CCOC(=O)c1cnn(CC(O)CC(=O)O)c1. The van der Waals surface area contributed by atoms with Crippen LogP contribution >= 0.6 is 0 Å². The van der Waals surface area contributed by atoms with Gasteiger partial charge in [-0.3, -0.25) is 9.48 Å². The van der Waals surface area contributed by atoms with Crippen LogP contribution in [-0.2, 0) is 16.1 Å². The van der Waals surface area contributed by atoms with Crippen molar-refractivity contribution in [2.45, 2.75) is 26.0 Å². The van der Waals surface area contributed by atoms with Gasteiger partial charge < -0.3 is 14.9 Å². The van der Waals surface area contributed by atoms with Crippen LogP contribution in [0.3, 0.4) is 0 Å². The Morgan fingerprint density at radius 2 is 2.29 bits per heavy atom. The number of aliphatic hydroxyl groups is 1. The predicted octanol–water partition coefficient (Wildman–Crippen LogP) is -0.105. The molecule has 2 N–H and O–H groups in total. The van der Waals surface area contributed by atoms with Gasteiger partial charge in [-0.05, 0) is 6.92 Å². The molecule has 0 bridgehead atoms. The lowest BCUT2D eigenvalue weighted by Crippen LogP contribution is -2.20. The molecule has 1 rings (SSSR count). The number of aliphatic carboxylic acids is 1. The van der Waals surface area contributed by atoms with Crippen molar-refractivity contribution in [1.29, 1.82) is 0 Å². The number of hydrogen-bond acceptors (Lipinski definition) is 5. The second-order valence-electron chi connectivity index (χ2n) is 3.42. The van der Waals surface area contributed by atoms with Crippen LogP contribution < -0.4 is 0 Å². The minimum atomic E-state index is -1.09. The van der Waals surface area contributed by atoms with Crippen LogP contribution in [0.15, 0.2) is 12.4 Å². The summed E-state index contributed by atoms with van der Waals surface area (Å²) in [5.41, 5.74) is 0.273. The Hall–Kier alpha value is -1.89. The summed E-state index contributed by atoms with van der Waals surface area (Å²) >= 11 is 0. The van der Waals surface area contributed by atoms with Gasteiger partial charge in [0.25, 0.3) is 0 Å². The van der Waals surface area contributed by atoms with Crippen molar-refractivity contribution in [1.82, 2.24) is 9.78 Å². The number of aliphatic hydroxyl groups excluding tert-OH is 1.